The molecule has 2 aromatic rings. The van der Waals surface area contributed by atoms with Crippen LogP contribution in [0.3, 0.4) is 0 Å². The van der Waals surface area contributed by atoms with E-state index in [4.69, 9.17) is 0 Å². The fourth-order valence-electron chi connectivity index (χ4n) is 4.45. The van der Waals surface area contributed by atoms with Crippen LogP contribution in [0, 0.1) is 0 Å². The summed E-state index contributed by atoms with van der Waals surface area (Å²) >= 11 is 0. The van der Waals surface area contributed by atoms with Crippen LogP contribution in [0.15, 0.2) is 60.7 Å². The van der Waals surface area contributed by atoms with Gasteiger partial charge in [0.1, 0.15) is 0 Å². The molecule has 2 heterocycles. The molecule has 0 spiro atoms. The third-order valence-corrected chi connectivity index (χ3v) is 5.63. The molecular weight excluding hydrogens is 326 g/mol. The molecule has 4 rings (SSSR count). The summed E-state index contributed by atoms with van der Waals surface area (Å²) in [5, 5.41) is 13.1. The lowest BCUT2D eigenvalue weighted by Gasteiger charge is -2.51. The second-order valence-corrected chi connectivity index (χ2v) is 7.15. The smallest absolute Gasteiger partial charge is 0.407 e. The summed E-state index contributed by atoms with van der Waals surface area (Å²) in [6.45, 7) is 3.88. The molecule has 2 aromatic carbocycles. The van der Waals surface area contributed by atoms with Crippen LogP contribution < -0.4 is 5.32 Å². The van der Waals surface area contributed by atoms with Gasteiger partial charge in [0.15, 0.2) is 0 Å². The van der Waals surface area contributed by atoms with Crippen LogP contribution in [0.2, 0.25) is 0 Å². The zero-order valence-electron chi connectivity index (χ0n) is 14.8. The van der Waals surface area contributed by atoms with Gasteiger partial charge in [0.2, 0.25) is 0 Å². The summed E-state index contributed by atoms with van der Waals surface area (Å²) in [6, 6.07) is 21.3. The van der Waals surface area contributed by atoms with Gasteiger partial charge in [-0.15, -0.1) is 0 Å². The zero-order valence-corrected chi connectivity index (χ0v) is 14.8. The summed E-state index contributed by atoms with van der Waals surface area (Å²) in [4.78, 5) is 15.9. The summed E-state index contributed by atoms with van der Waals surface area (Å²) in [5.74, 6) is 0.153. The molecule has 0 aliphatic carbocycles. The Kier molecular flexibility index (Phi) is 4.91. The summed E-state index contributed by atoms with van der Waals surface area (Å²) in [6.07, 6.45) is -0.819. The number of carbonyl (C=O) groups is 1. The monoisotopic (exact) mass is 351 g/mol. The number of carboxylic acid groups (broad SMARTS) is 1. The standard InChI is InChI=1S/C21H25N3O2/c25-21(26)23-14-18-13-22-11-12-24(18)19(15-23)20(16-7-3-1-4-8-16)17-9-5-2-6-10-17/h1-10,18-20,22H,11-15H2,(H,25,26). The maximum Gasteiger partial charge on any atom is 0.407 e. The van der Waals surface area contributed by atoms with Gasteiger partial charge in [-0.25, -0.2) is 4.79 Å². The Labute approximate surface area is 154 Å². The molecule has 5 nitrogen and oxygen atoms in total. The molecule has 2 fully saturated rings. The van der Waals surface area contributed by atoms with Crippen molar-refractivity contribution in [2.75, 3.05) is 32.7 Å². The lowest BCUT2D eigenvalue weighted by Crippen LogP contribution is -2.67. The number of nitrogens with one attached hydrogen (secondary N) is 1. The summed E-state index contributed by atoms with van der Waals surface area (Å²) < 4.78 is 0. The molecule has 2 atom stereocenters. The average Bonchev–Trinajstić information content (AvgIpc) is 2.69. The molecular formula is C21H25N3O2. The van der Waals surface area contributed by atoms with E-state index in [1.165, 1.54) is 11.1 Å². The molecule has 2 aliphatic rings. The van der Waals surface area contributed by atoms with Gasteiger partial charge in [-0.3, -0.25) is 4.90 Å². The van der Waals surface area contributed by atoms with E-state index >= 15 is 0 Å². The van der Waals surface area contributed by atoms with Crippen LogP contribution in [-0.4, -0.2) is 65.8 Å². The number of amides is 1. The highest BCUT2D eigenvalue weighted by atomic mass is 16.4. The first-order chi connectivity index (χ1) is 12.7. The SMILES string of the molecule is O=C(O)N1CC2CNCCN2C(C(c2ccccc2)c2ccccc2)C1. The van der Waals surface area contributed by atoms with E-state index in [1.54, 1.807) is 4.90 Å². The minimum absolute atomic E-state index is 0.136. The van der Waals surface area contributed by atoms with E-state index in [2.05, 4.69) is 58.7 Å². The highest BCUT2D eigenvalue weighted by molar-refractivity contribution is 5.65. The lowest BCUT2D eigenvalue weighted by molar-refractivity contribution is 0.00794. The first-order valence-electron chi connectivity index (χ1n) is 9.28. The highest BCUT2D eigenvalue weighted by Crippen LogP contribution is 2.34. The fraction of sp³-hybridized carbons (Fsp3) is 0.381. The molecule has 0 bridgehead atoms. The van der Waals surface area contributed by atoms with Crippen molar-refractivity contribution in [1.29, 1.82) is 0 Å². The second-order valence-electron chi connectivity index (χ2n) is 7.15. The molecule has 2 saturated heterocycles. The van der Waals surface area contributed by atoms with Gasteiger partial charge >= 0.3 is 6.09 Å². The largest absolute Gasteiger partial charge is 0.465 e. The van der Waals surface area contributed by atoms with Crippen LogP contribution >= 0.6 is 0 Å². The van der Waals surface area contributed by atoms with Crippen LogP contribution in [0.1, 0.15) is 17.0 Å². The van der Waals surface area contributed by atoms with Crippen molar-refractivity contribution in [2.24, 2.45) is 0 Å². The van der Waals surface area contributed by atoms with Crippen molar-refractivity contribution in [2.45, 2.75) is 18.0 Å². The van der Waals surface area contributed by atoms with Gasteiger partial charge in [-0.1, -0.05) is 60.7 Å². The Balaban J connectivity index is 1.76. The van der Waals surface area contributed by atoms with Crippen LogP contribution in [0.5, 0.6) is 0 Å². The van der Waals surface area contributed by atoms with Gasteiger partial charge in [-0.2, -0.15) is 0 Å². The van der Waals surface area contributed by atoms with Crippen molar-refractivity contribution in [3.05, 3.63) is 71.8 Å². The predicted molar refractivity (Wildman–Crippen MR) is 101 cm³/mol. The van der Waals surface area contributed by atoms with E-state index in [9.17, 15) is 9.90 Å². The average molecular weight is 351 g/mol. The van der Waals surface area contributed by atoms with E-state index in [-0.39, 0.29) is 18.0 Å². The van der Waals surface area contributed by atoms with E-state index in [0.717, 1.165) is 19.6 Å². The third kappa shape index (κ3) is 3.32. The molecule has 0 aromatic heterocycles. The highest BCUT2D eigenvalue weighted by Gasteiger charge is 2.41. The molecule has 2 aliphatic heterocycles. The van der Waals surface area contributed by atoms with Crippen molar-refractivity contribution >= 4 is 6.09 Å². The Morgan fingerprint density at radius 3 is 2.19 bits per heavy atom. The Bertz CT molecular complexity index is 698. The van der Waals surface area contributed by atoms with Gasteiger partial charge in [0.25, 0.3) is 0 Å². The minimum atomic E-state index is -0.819. The van der Waals surface area contributed by atoms with Crippen molar-refractivity contribution in [3.63, 3.8) is 0 Å². The number of hydrogen-bond acceptors (Lipinski definition) is 3. The first kappa shape index (κ1) is 17.1. The van der Waals surface area contributed by atoms with Crippen molar-refractivity contribution < 1.29 is 9.90 Å². The van der Waals surface area contributed by atoms with Gasteiger partial charge in [0.05, 0.1) is 0 Å². The van der Waals surface area contributed by atoms with Crippen LogP contribution in [0.4, 0.5) is 4.79 Å². The maximum absolute atomic E-state index is 11.8. The van der Waals surface area contributed by atoms with E-state index < -0.39 is 6.09 Å². The first-order valence-corrected chi connectivity index (χ1v) is 9.28. The molecule has 0 radical (unpaired) electrons. The van der Waals surface area contributed by atoms with Crippen molar-refractivity contribution in [1.82, 2.24) is 15.1 Å². The Hall–Kier alpha value is -2.37. The number of nitrogens with zero attached hydrogens (tertiary/aromatic N) is 2. The number of hydrogen-bond donors (Lipinski definition) is 2. The number of benzene rings is 2. The fourth-order valence-corrected chi connectivity index (χ4v) is 4.45. The van der Waals surface area contributed by atoms with Crippen molar-refractivity contribution in [3.8, 4) is 0 Å². The molecule has 136 valence electrons. The summed E-state index contributed by atoms with van der Waals surface area (Å²) in [5.41, 5.74) is 2.49. The Morgan fingerprint density at radius 2 is 1.62 bits per heavy atom. The molecule has 0 saturated carbocycles. The van der Waals surface area contributed by atoms with E-state index in [0.29, 0.717) is 13.1 Å². The Morgan fingerprint density at radius 1 is 1.00 bits per heavy atom. The topological polar surface area (TPSA) is 55.8 Å². The van der Waals surface area contributed by atoms with E-state index in [1.807, 2.05) is 12.1 Å². The van der Waals surface area contributed by atoms with Gasteiger partial charge in [0, 0.05) is 50.7 Å². The van der Waals surface area contributed by atoms with Crippen LogP contribution in [-0.2, 0) is 0 Å². The van der Waals surface area contributed by atoms with Gasteiger partial charge < -0.3 is 15.3 Å². The molecule has 2 unspecified atom stereocenters. The van der Waals surface area contributed by atoms with Gasteiger partial charge in [-0.05, 0) is 11.1 Å². The maximum atomic E-state index is 11.8. The molecule has 1 amide bonds. The molecule has 2 N–H and O–H groups in total. The lowest BCUT2D eigenvalue weighted by atomic mass is 9.82. The minimum Gasteiger partial charge on any atom is -0.465 e. The predicted octanol–water partition coefficient (Wildman–Crippen LogP) is 2.45. The quantitative estimate of drug-likeness (QED) is 0.892. The van der Waals surface area contributed by atoms with Crippen LogP contribution in [0.25, 0.3) is 0 Å². The molecule has 26 heavy (non-hydrogen) atoms. The number of fused-ring (bicyclic) bond motifs is 1. The summed E-state index contributed by atoms with van der Waals surface area (Å²) in [7, 11) is 0. The normalized spacial score (nSPS) is 23.7. The second kappa shape index (κ2) is 7.48. The third-order valence-electron chi connectivity index (χ3n) is 5.63. The number of piperazine rings is 2. The zero-order chi connectivity index (χ0) is 17.9. The molecule has 5 heteroatoms. The number of rotatable bonds is 3.